The molecule has 0 saturated heterocycles. The molecule has 1 aromatic carbocycles. The van der Waals surface area contributed by atoms with Gasteiger partial charge in [-0.25, -0.2) is 0 Å². The standard InChI is InChI=1S/C15H20N2O2/c1-10(2)18-14-5-4-12(8-11(14)3)15-13(6-7-16)9-17-19-15/h4-5,8-10H,6-7,16H2,1-3H3. The summed E-state index contributed by atoms with van der Waals surface area (Å²) in [4.78, 5) is 0. The van der Waals surface area contributed by atoms with Crippen molar-refractivity contribution < 1.29 is 9.26 Å². The number of aromatic nitrogens is 1. The van der Waals surface area contributed by atoms with E-state index in [1.807, 2.05) is 32.9 Å². The van der Waals surface area contributed by atoms with Crippen molar-refractivity contribution in [3.8, 4) is 17.1 Å². The van der Waals surface area contributed by atoms with Crippen LogP contribution in [0.2, 0.25) is 0 Å². The van der Waals surface area contributed by atoms with E-state index in [-0.39, 0.29) is 6.10 Å². The predicted octanol–water partition coefficient (Wildman–Crippen LogP) is 2.94. The minimum atomic E-state index is 0.169. The Kier molecular flexibility index (Phi) is 4.22. The van der Waals surface area contributed by atoms with E-state index >= 15 is 0 Å². The van der Waals surface area contributed by atoms with Crippen molar-refractivity contribution in [1.29, 1.82) is 0 Å². The third-order valence-electron chi connectivity index (χ3n) is 2.86. The van der Waals surface area contributed by atoms with Crippen LogP contribution in [0, 0.1) is 6.92 Å². The SMILES string of the molecule is Cc1cc(-c2oncc2CCN)ccc1OC(C)C. The van der Waals surface area contributed by atoms with Gasteiger partial charge in [0.2, 0.25) is 0 Å². The van der Waals surface area contributed by atoms with Gasteiger partial charge in [0.05, 0.1) is 12.3 Å². The molecule has 2 N–H and O–H groups in total. The van der Waals surface area contributed by atoms with Crippen LogP contribution >= 0.6 is 0 Å². The number of ether oxygens (including phenoxy) is 1. The first-order valence-corrected chi connectivity index (χ1v) is 6.53. The summed E-state index contributed by atoms with van der Waals surface area (Å²) in [7, 11) is 0. The summed E-state index contributed by atoms with van der Waals surface area (Å²) < 4.78 is 11.1. The largest absolute Gasteiger partial charge is 0.491 e. The van der Waals surface area contributed by atoms with Crippen LogP contribution in [-0.2, 0) is 6.42 Å². The molecule has 2 rings (SSSR count). The average molecular weight is 260 g/mol. The molecule has 2 aromatic rings. The van der Waals surface area contributed by atoms with Gasteiger partial charge in [0.1, 0.15) is 5.75 Å². The highest BCUT2D eigenvalue weighted by atomic mass is 16.5. The quantitative estimate of drug-likeness (QED) is 0.897. The molecule has 102 valence electrons. The minimum absolute atomic E-state index is 0.169. The summed E-state index contributed by atoms with van der Waals surface area (Å²) >= 11 is 0. The monoisotopic (exact) mass is 260 g/mol. The Bertz CT molecular complexity index is 547. The summed E-state index contributed by atoms with van der Waals surface area (Å²) in [6.45, 7) is 6.65. The highest BCUT2D eigenvalue weighted by Crippen LogP contribution is 2.29. The van der Waals surface area contributed by atoms with Crippen molar-refractivity contribution in [2.45, 2.75) is 33.3 Å². The van der Waals surface area contributed by atoms with Crippen LogP contribution < -0.4 is 10.5 Å². The van der Waals surface area contributed by atoms with Crippen molar-refractivity contribution in [1.82, 2.24) is 5.16 Å². The summed E-state index contributed by atoms with van der Waals surface area (Å²) in [5, 5.41) is 3.86. The fraction of sp³-hybridized carbons (Fsp3) is 0.400. The lowest BCUT2D eigenvalue weighted by Gasteiger charge is -2.13. The Morgan fingerprint density at radius 2 is 2.16 bits per heavy atom. The molecule has 19 heavy (non-hydrogen) atoms. The van der Waals surface area contributed by atoms with E-state index < -0.39 is 0 Å². The fourth-order valence-electron chi connectivity index (χ4n) is 2.01. The molecule has 4 heteroatoms. The van der Waals surface area contributed by atoms with Gasteiger partial charge in [-0.05, 0) is 57.5 Å². The number of hydrogen-bond acceptors (Lipinski definition) is 4. The Hall–Kier alpha value is -1.81. The van der Waals surface area contributed by atoms with Crippen LogP contribution in [0.1, 0.15) is 25.0 Å². The molecule has 0 unspecified atom stereocenters. The van der Waals surface area contributed by atoms with Gasteiger partial charge >= 0.3 is 0 Å². The molecule has 0 fully saturated rings. The lowest BCUT2D eigenvalue weighted by molar-refractivity contribution is 0.241. The van der Waals surface area contributed by atoms with Crippen molar-refractivity contribution in [3.63, 3.8) is 0 Å². The van der Waals surface area contributed by atoms with Gasteiger partial charge in [0.15, 0.2) is 5.76 Å². The van der Waals surface area contributed by atoms with Crippen LogP contribution in [0.3, 0.4) is 0 Å². The second kappa shape index (κ2) is 5.89. The summed E-state index contributed by atoms with van der Waals surface area (Å²) in [5.74, 6) is 1.70. The van der Waals surface area contributed by atoms with Crippen molar-refractivity contribution in [3.05, 3.63) is 35.5 Å². The fourth-order valence-corrected chi connectivity index (χ4v) is 2.01. The van der Waals surface area contributed by atoms with Crippen LogP contribution in [-0.4, -0.2) is 17.8 Å². The Morgan fingerprint density at radius 1 is 1.37 bits per heavy atom. The molecule has 0 saturated carbocycles. The molecule has 0 radical (unpaired) electrons. The van der Waals surface area contributed by atoms with E-state index in [4.69, 9.17) is 15.0 Å². The third-order valence-corrected chi connectivity index (χ3v) is 2.86. The van der Waals surface area contributed by atoms with Crippen LogP contribution in [0.5, 0.6) is 5.75 Å². The number of hydrogen-bond donors (Lipinski definition) is 1. The highest BCUT2D eigenvalue weighted by molar-refractivity contribution is 5.63. The van der Waals surface area contributed by atoms with E-state index in [1.54, 1.807) is 6.20 Å². The van der Waals surface area contributed by atoms with Gasteiger partial charge in [-0.2, -0.15) is 0 Å². The van der Waals surface area contributed by atoms with Gasteiger partial charge in [0, 0.05) is 11.1 Å². The number of rotatable bonds is 5. The Morgan fingerprint density at radius 3 is 2.79 bits per heavy atom. The van der Waals surface area contributed by atoms with Gasteiger partial charge in [0.25, 0.3) is 0 Å². The number of nitrogens with two attached hydrogens (primary N) is 1. The molecule has 0 aliphatic rings. The number of benzene rings is 1. The molecule has 0 bridgehead atoms. The average Bonchev–Trinajstić information content (AvgIpc) is 2.80. The number of aryl methyl sites for hydroxylation is 1. The molecule has 1 heterocycles. The van der Waals surface area contributed by atoms with E-state index in [0.29, 0.717) is 6.54 Å². The lowest BCUT2D eigenvalue weighted by Crippen LogP contribution is -2.06. The molecular weight excluding hydrogens is 240 g/mol. The van der Waals surface area contributed by atoms with Gasteiger partial charge in [-0.3, -0.25) is 0 Å². The normalized spacial score (nSPS) is 11.0. The van der Waals surface area contributed by atoms with E-state index in [0.717, 1.165) is 34.6 Å². The molecule has 0 aliphatic heterocycles. The van der Waals surface area contributed by atoms with Crippen molar-refractivity contribution >= 4 is 0 Å². The van der Waals surface area contributed by atoms with E-state index in [1.165, 1.54) is 0 Å². The number of nitrogens with zero attached hydrogens (tertiary/aromatic N) is 1. The van der Waals surface area contributed by atoms with E-state index in [9.17, 15) is 0 Å². The van der Waals surface area contributed by atoms with Gasteiger partial charge in [-0.15, -0.1) is 0 Å². The smallest absolute Gasteiger partial charge is 0.170 e. The third kappa shape index (κ3) is 3.15. The predicted molar refractivity (Wildman–Crippen MR) is 75.2 cm³/mol. The second-order valence-electron chi connectivity index (χ2n) is 4.87. The van der Waals surface area contributed by atoms with Crippen LogP contribution in [0.4, 0.5) is 0 Å². The maximum Gasteiger partial charge on any atom is 0.170 e. The van der Waals surface area contributed by atoms with Gasteiger partial charge < -0.3 is 15.0 Å². The van der Waals surface area contributed by atoms with Gasteiger partial charge in [-0.1, -0.05) is 5.16 Å². The molecule has 0 amide bonds. The summed E-state index contributed by atoms with van der Waals surface area (Å²) in [5.41, 5.74) is 8.72. The first-order valence-electron chi connectivity index (χ1n) is 6.53. The van der Waals surface area contributed by atoms with Crippen LogP contribution in [0.25, 0.3) is 11.3 Å². The highest BCUT2D eigenvalue weighted by Gasteiger charge is 2.12. The Balaban J connectivity index is 2.31. The summed E-state index contributed by atoms with van der Waals surface area (Å²) in [6, 6.07) is 6.02. The lowest BCUT2D eigenvalue weighted by atomic mass is 10.0. The van der Waals surface area contributed by atoms with Crippen LogP contribution in [0.15, 0.2) is 28.9 Å². The first-order chi connectivity index (χ1) is 9.11. The zero-order valence-electron chi connectivity index (χ0n) is 11.6. The Labute approximate surface area is 113 Å². The molecule has 0 atom stereocenters. The van der Waals surface area contributed by atoms with E-state index in [2.05, 4.69) is 11.2 Å². The molecule has 4 nitrogen and oxygen atoms in total. The molecular formula is C15H20N2O2. The molecule has 1 aromatic heterocycles. The first kappa shape index (κ1) is 13.6. The summed E-state index contributed by atoms with van der Waals surface area (Å²) in [6.07, 6.45) is 2.67. The molecule has 0 spiro atoms. The zero-order valence-corrected chi connectivity index (χ0v) is 11.6. The van der Waals surface area contributed by atoms with Crippen molar-refractivity contribution in [2.75, 3.05) is 6.54 Å². The minimum Gasteiger partial charge on any atom is -0.491 e. The molecule has 0 aliphatic carbocycles. The topological polar surface area (TPSA) is 61.3 Å². The maximum absolute atomic E-state index is 5.73. The zero-order chi connectivity index (χ0) is 13.8. The second-order valence-corrected chi connectivity index (χ2v) is 4.87. The van der Waals surface area contributed by atoms with Crippen molar-refractivity contribution in [2.24, 2.45) is 5.73 Å². The maximum atomic E-state index is 5.73.